The van der Waals surface area contributed by atoms with E-state index in [-0.39, 0.29) is 0 Å². The van der Waals surface area contributed by atoms with Crippen LogP contribution in [0.5, 0.6) is 5.75 Å². The Morgan fingerprint density at radius 1 is 1.30 bits per heavy atom. The van der Waals surface area contributed by atoms with Gasteiger partial charge in [-0.15, -0.1) is 0 Å². The highest BCUT2D eigenvalue weighted by Crippen LogP contribution is 2.17. The molecule has 1 rings (SSSR count). The molecule has 0 amide bonds. The quantitative estimate of drug-likeness (QED) is 0.537. The van der Waals surface area contributed by atoms with Gasteiger partial charge in [0, 0.05) is 6.54 Å². The third kappa shape index (κ3) is 6.73. The molecule has 1 aromatic carbocycles. The van der Waals surface area contributed by atoms with Gasteiger partial charge >= 0.3 is 0 Å². The van der Waals surface area contributed by atoms with Crippen LogP contribution >= 0.6 is 0 Å². The first kappa shape index (κ1) is 16.7. The topological polar surface area (TPSA) is 41.5 Å². The van der Waals surface area contributed by atoms with Gasteiger partial charge in [-0.05, 0) is 49.1 Å². The first-order chi connectivity index (χ1) is 9.49. The number of nitrogens with one attached hydrogen (secondary N) is 1. The first-order valence-electron chi connectivity index (χ1n) is 7.25. The molecule has 0 radical (unpaired) electrons. The van der Waals surface area contributed by atoms with Crippen molar-refractivity contribution in [3.8, 4) is 5.75 Å². The van der Waals surface area contributed by atoms with Crippen molar-refractivity contribution in [2.75, 3.05) is 19.7 Å². The first-order valence-corrected chi connectivity index (χ1v) is 7.25. The molecule has 0 aliphatic heterocycles. The molecule has 0 saturated heterocycles. The monoisotopic (exact) mass is 277 g/mol. The van der Waals surface area contributed by atoms with Crippen LogP contribution in [-0.2, 0) is 0 Å². The van der Waals surface area contributed by atoms with E-state index in [2.05, 4.69) is 25.7 Å². The van der Waals surface area contributed by atoms with Crippen LogP contribution in [0.1, 0.15) is 38.9 Å². The van der Waals surface area contributed by atoms with Crippen LogP contribution in [-0.4, -0.2) is 24.8 Å². The summed E-state index contributed by atoms with van der Waals surface area (Å²) >= 11 is 0. The van der Waals surface area contributed by atoms with Crippen molar-refractivity contribution in [3.05, 3.63) is 42.0 Å². The predicted molar refractivity (Wildman–Crippen MR) is 84.0 cm³/mol. The molecule has 3 nitrogen and oxygen atoms in total. The average molecular weight is 277 g/mol. The maximum Gasteiger partial charge on any atom is 0.119 e. The summed E-state index contributed by atoms with van der Waals surface area (Å²) in [6, 6.07) is 7.58. The Kier molecular flexibility index (Phi) is 7.34. The van der Waals surface area contributed by atoms with Crippen molar-refractivity contribution < 1.29 is 9.84 Å². The number of benzene rings is 1. The number of ether oxygens (including phenoxy) is 1. The summed E-state index contributed by atoms with van der Waals surface area (Å²) in [5.41, 5.74) is 1.90. The molecule has 0 heterocycles. The maximum atomic E-state index is 10.1. The van der Waals surface area contributed by atoms with E-state index < -0.39 is 6.10 Å². The van der Waals surface area contributed by atoms with Gasteiger partial charge in [0.05, 0.1) is 6.10 Å². The molecule has 0 bridgehead atoms. The van der Waals surface area contributed by atoms with Gasteiger partial charge in [0.25, 0.3) is 0 Å². The standard InChI is InChI=1S/C17H27NO2/c1-13(2)9-10-18-11-17(19)15-5-7-16(8-6-15)20-12-14(3)4/h5-8,13,17-19H,3,9-12H2,1-2,4H3. The fraction of sp³-hybridized carbons (Fsp3) is 0.529. The second-order valence-corrected chi connectivity index (χ2v) is 5.72. The van der Waals surface area contributed by atoms with Crippen LogP contribution < -0.4 is 10.1 Å². The minimum Gasteiger partial charge on any atom is -0.489 e. The van der Waals surface area contributed by atoms with Crippen molar-refractivity contribution in [1.82, 2.24) is 5.32 Å². The molecule has 1 unspecified atom stereocenters. The Labute approximate surface area is 122 Å². The van der Waals surface area contributed by atoms with Gasteiger partial charge < -0.3 is 15.2 Å². The average Bonchev–Trinajstić information content (AvgIpc) is 2.41. The highest BCUT2D eigenvalue weighted by molar-refractivity contribution is 5.29. The number of aliphatic hydroxyl groups is 1. The number of hydrogen-bond acceptors (Lipinski definition) is 3. The number of aliphatic hydroxyl groups excluding tert-OH is 1. The van der Waals surface area contributed by atoms with Crippen molar-refractivity contribution in [1.29, 1.82) is 0 Å². The smallest absolute Gasteiger partial charge is 0.119 e. The zero-order chi connectivity index (χ0) is 15.0. The van der Waals surface area contributed by atoms with E-state index in [1.807, 2.05) is 31.2 Å². The van der Waals surface area contributed by atoms with Gasteiger partial charge in [-0.25, -0.2) is 0 Å². The molecule has 112 valence electrons. The Balaban J connectivity index is 2.37. The molecule has 1 aromatic rings. The largest absolute Gasteiger partial charge is 0.489 e. The van der Waals surface area contributed by atoms with E-state index in [0.29, 0.717) is 19.1 Å². The highest BCUT2D eigenvalue weighted by atomic mass is 16.5. The van der Waals surface area contributed by atoms with Crippen LogP contribution in [0.15, 0.2) is 36.4 Å². The lowest BCUT2D eigenvalue weighted by atomic mass is 10.1. The van der Waals surface area contributed by atoms with E-state index in [1.165, 1.54) is 0 Å². The Bertz CT molecular complexity index is 398. The third-order valence-electron chi connectivity index (χ3n) is 2.99. The molecular formula is C17H27NO2. The van der Waals surface area contributed by atoms with E-state index in [0.717, 1.165) is 29.9 Å². The summed E-state index contributed by atoms with van der Waals surface area (Å²) in [7, 11) is 0. The third-order valence-corrected chi connectivity index (χ3v) is 2.99. The molecule has 0 spiro atoms. The Morgan fingerprint density at radius 3 is 2.50 bits per heavy atom. The summed E-state index contributed by atoms with van der Waals surface area (Å²) < 4.78 is 5.53. The fourth-order valence-electron chi connectivity index (χ4n) is 1.74. The maximum absolute atomic E-state index is 10.1. The summed E-state index contributed by atoms with van der Waals surface area (Å²) in [6.07, 6.45) is 0.651. The zero-order valence-corrected chi connectivity index (χ0v) is 12.9. The molecule has 20 heavy (non-hydrogen) atoms. The number of rotatable bonds is 9. The molecule has 2 N–H and O–H groups in total. The molecule has 0 saturated carbocycles. The lowest BCUT2D eigenvalue weighted by molar-refractivity contribution is 0.174. The Morgan fingerprint density at radius 2 is 1.95 bits per heavy atom. The minimum absolute atomic E-state index is 0.475. The van der Waals surface area contributed by atoms with Gasteiger partial charge in [-0.3, -0.25) is 0 Å². The lowest BCUT2D eigenvalue weighted by Gasteiger charge is -2.14. The van der Waals surface area contributed by atoms with Crippen LogP contribution in [0.4, 0.5) is 0 Å². The molecule has 0 aromatic heterocycles. The van der Waals surface area contributed by atoms with Gasteiger partial charge in [0.15, 0.2) is 0 Å². The molecule has 0 fully saturated rings. The summed E-state index contributed by atoms with van der Waals surface area (Å²) in [5.74, 6) is 1.49. The van der Waals surface area contributed by atoms with E-state index in [9.17, 15) is 5.11 Å². The van der Waals surface area contributed by atoms with Crippen LogP contribution in [0.25, 0.3) is 0 Å². The predicted octanol–water partition coefficient (Wildman–Crippen LogP) is 3.31. The minimum atomic E-state index is -0.475. The molecule has 0 aliphatic carbocycles. The molecule has 0 aliphatic rings. The Hall–Kier alpha value is -1.32. The SMILES string of the molecule is C=C(C)COc1ccc(C(O)CNCCC(C)C)cc1. The summed E-state index contributed by atoms with van der Waals surface area (Å²) in [5, 5.41) is 13.4. The molecule has 3 heteroatoms. The van der Waals surface area contributed by atoms with Gasteiger partial charge in [-0.1, -0.05) is 32.6 Å². The summed E-state index contributed by atoms with van der Waals surface area (Å²) in [6.45, 7) is 12.2. The van der Waals surface area contributed by atoms with Crippen molar-refractivity contribution in [3.63, 3.8) is 0 Å². The van der Waals surface area contributed by atoms with Crippen LogP contribution in [0.3, 0.4) is 0 Å². The number of hydrogen-bond donors (Lipinski definition) is 2. The van der Waals surface area contributed by atoms with Crippen molar-refractivity contribution >= 4 is 0 Å². The zero-order valence-electron chi connectivity index (χ0n) is 12.9. The normalized spacial score (nSPS) is 12.4. The van der Waals surface area contributed by atoms with E-state index in [1.54, 1.807) is 0 Å². The van der Waals surface area contributed by atoms with E-state index in [4.69, 9.17) is 4.74 Å². The second kappa shape index (κ2) is 8.77. The van der Waals surface area contributed by atoms with Gasteiger partial charge in [0.1, 0.15) is 12.4 Å². The van der Waals surface area contributed by atoms with Gasteiger partial charge in [-0.2, -0.15) is 0 Å². The van der Waals surface area contributed by atoms with Crippen LogP contribution in [0, 0.1) is 5.92 Å². The fourth-order valence-corrected chi connectivity index (χ4v) is 1.74. The van der Waals surface area contributed by atoms with Crippen LogP contribution in [0.2, 0.25) is 0 Å². The van der Waals surface area contributed by atoms with Crippen molar-refractivity contribution in [2.45, 2.75) is 33.3 Å². The van der Waals surface area contributed by atoms with Gasteiger partial charge in [0.2, 0.25) is 0 Å². The highest BCUT2D eigenvalue weighted by Gasteiger charge is 2.07. The molecule has 1 atom stereocenters. The molecular weight excluding hydrogens is 250 g/mol. The lowest BCUT2D eigenvalue weighted by Crippen LogP contribution is -2.23. The van der Waals surface area contributed by atoms with Crippen molar-refractivity contribution in [2.24, 2.45) is 5.92 Å². The summed E-state index contributed by atoms with van der Waals surface area (Å²) in [4.78, 5) is 0. The second-order valence-electron chi connectivity index (χ2n) is 5.72. The van der Waals surface area contributed by atoms with E-state index >= 15 is 0 Å².